The van der Waals surface area contributed by atoms with Gasteiger partial charge in [-0.25, -0.2) is 14.8 Å². The number of piperidine rings is 1. The first-order valence-electron chi connectivity index (χ1n) is 9.15. The number of anilines is 1. The number of aryl methyl sites for hydroxylation is 2. The zero-order chi connectivity index (χ0) is 19.1. The van der Waals surface area contributed by atoms with E-state index in [1.165, 1.54) is 0 Å². The molecule has 1 aromatic heterocycles. The molecule has 2 amide bonds. The van der Waals surface area contributed by atoms with Crippen molar-refractivity contribution in [2.45, 2.75) is 71.5 Å². The molecule has 0 bridgehead atoms. The third-order valence-electron chi connectivity index (χ3n) is 4.86. The number of nitrogens with one attached hydrogen (secondary N) is 3. The fourth-order valence-electron chi connectivity index (χ4n) is 4.09. The molecule has 1 fully saturated rings. The van der Waals surface area contributed by atoms with Crippen molar-refractivity contribution in [3.63, 3.8) is 0 Å². The van der Waals surface area contributed by atoms with Crippen molar-refractivity contribution < 1.29 is 4.79 Å². The Morgan fingerprint density at radius 3 is 2.23 bits per heavy atom. The quantitative estimate of drug-likeness (QED) is 0.768. The number of nitrogens with zero attached hydrogens (tertiary/aromatic N) is 2. The summed E-state index contributed by atoms with van der Waals surface area (Å²) in [6.45, 7) is 12.6. The van der Waals surface area contributed by atoms with Crippen LogP contribution < -0.4 is 16.0 Å². The second kappa shape index (κ2) is 6.50. The number of amides is 2. The van der Waals surface area contributed by atoms with Crippen molar-refractivity contribution in [2.24, 2.45) is 0 Å². The van der Waals surface area contributed by atoms with Crippen molar-refractivity contribution in [1.29, 1.82) is 0 Å². The van der Waals surface area contributed by atoms with E-state index in [9.17, 15) is 4.79 Å². The van der Waals surface area contributed by atoms with Gasteiger partial charge in [0.25, 0.3) is 0 Å². The minimum Gasteiger partial charge on any atom is -0.335 e. The summed E-state index contributed by atoms with van der Waals surface area (Å²) in [4.78, 5) is 21.6. The van der Waals surface area contributed by atoms with Gasteiger partial charge in [-0.2, -0.15) is 0 Å². The molecule has 0 radical (unpaired) electrons. The zero-order valence-corrected chi connectivity index (χ0v) is 16.5. The van der Waals surface area contributed by atoms with Gasteiger partial charge in [0, 0.05) is 22.8 Å². The van der Waals surface area contributed by atoms with Gasteiger partial charge in [-0.1, -0.05) is 0 Å². The molecule has 6 heteroatoms. The molecule has 2 heterocycles. The lowest BCUT2D eigenvalue weighted by Gasteiger charge is -2.46. The number of fused-ring (bicyclic) bond motifs is 1. The van der Waals surface area contributed by atoms with Crippen LogP contribution in [0.3, 0.4) is 0 Å². The maximum Gasteiger partial charge on any atom is 0.319 e. The van der Waals surface area contributed by atoms with Crippen LogP contribution in [0.15, 0.2) is 18.2 Å². The maximum absolute atomic E-state index is 12.5. The van der Waals surface area contributed by atoms with Crippen LogP contribution in [0.1, 0.15) is 51.9 Å². The van der Waals surface area contributed by atoms with Gasteiger partial charge in [0.1, 0.15) is 0 Å². The molecule has 26 heavy (non-hydrogen) atoms. The SMILES string of the molecule is Cc1nc2ccc(NC(=O)NC3CC(C)(C)NC(C)(C)C3)cc2nc1C. The number of aromatic nitrogens is 2. The fraction of sp³-hybridized carbons (Fsp3) is 0.550. The molecule has 140 valence electrons. The van der Waals surface area contributed by atoms with Gasteiger partial charge < -0.3 is 16.0 Å². The minimum absolute atomic E-state index is 0.00633. The molecule has 0 aliphatic carbocycles. The van der Waals surface area contributed by atoms with E-state index in [0.29, 0.717) is 0 Å². The standard InChI is InChI=1S/C20H29N5O/c1-12-13(2)22-17-9-14(7-8-16(17)21-12)23-18(26)24-15-10-19(3,4)25-20(5,6)11-15/h7-9,15,25H,10-11H2,1-6H3,(H2,23,24,26). The first-order chi connectivity index (χ1) is 12.0. The summed E-state index contributed by atoms with van der Waals surface area (Å²) in [6.07, 6.45) is 1.79. The largest absolute Gasteiger partial charge is 0.335 e. The van der Waals surface area contributed by atoms with Gasteiger partial charge in [-0.05, 0) is 72.6 Å². The lowest BCUT2D eigenvalue weighted by molar-refractivity contribution is 0.149. The number of carbonyl (C=O) groups excluding carboxylic acids is 1. The Kier molecular flexibility index (Phi) is 4.65. The van der Waals surface area contributed by atoms with Crippen molar-refractivity contribution in [3.8, 4) is 0 Å². The van der Waals surface area contributed by atoms with E-state index in [4.69, 9.17) is 0 Å². The summed E-state index contributed by atoms with van der Waals surface area (Å²) < 4.78 is 0. The van der Waals surface area contributed by atoms with E-state index in [0.717, 1.165) is 41.0 Å². The van der Waals surface area contributed by atoms with Crippen LogP contribution in [0.2, 0.25) is 0 Å². The molecule has 1 aliphatic heterocycles. The van der Waals surface area contributed by atoms with Crippen molar-refractivity contribution in [1.82, 2.24) is 20.6 Å². The number of carbonyl (C=O) groups is 1. The smallest absolute Gasteiger partial charge is 0.319 e. The van der Waals surface area contributed by atoms with Gasteiger partial charge in [-0.15, -0.1) is 0 Å². The Morgan fingerprint density at radius 2 is 1.62 bits per heavy atom. The molecule has 3 N–H and O–H groups in total. The number of urea groups is 1. The molecule has 1 saturated heterocycles. The topological polar surface area (TPSA) is 78.9 Å². The molecule has 0 unspecified atom stereocenters. The van der Waals surface area contributed by atoms with Gasteiger partial charge in [-0.3, -0.25) is 0 Å². The third kappa shape index (κ3) is 4.30. The molecule has 6 nitrogen and oxygen atoms in total. The molecular weight excluding hydrogens is 326 g/mol. The van der Waals surface area contributed by atoms with Crippen LogP contribution in [-0.4, -0.2) is 33.1 Å². The van der Waals surface area contributed by atoms with E-state index in [1.54, 1.807) is 0 Å². The van der Waals surface area contributed by atoms with E-state index in [1.807, 2.05) is 32.0 Å². The summed E-state index contributed by atoms with van der Waals surface area (Å²) in [7, 11) is 0. The summed E-state index contributed by atoms with van der Waals surface area (Å²) in [5.74, 6) is 0. The minimum atomic E-state index is -0.181. The van der Waals surface area contributed by atoms with Gasteiger partial charge >= 0.3 is 6.03 Å². The molecule has 0 atom stereocenters. The van der Waals surface area contributed by atoms with Crippen molar-refractivity contribution >= 4 is 22.8 Å². The van der Waals surface area contributed by atoms with Crippen LogP contribution in [0.4, 0.5) is 10.5 Å². The van der Waals surface area contributed by atoms with Crippen molar-refractivity contribution in [3.05, 3.63) is 29.6 Å². The number of benzene rings is 1. The highest BCUT2D eigenvalue weighted by Gasteiger charge is 2.38. The molecular formula is C20H29N5O. The average Bonchev–Trinajstić information content (AvgIpc) is 2.45. The number of hydrogen-bond donors (Lipinski definition) is 3. The third-order valence-corrected chi connectivity index (χ3v) is 4.86. The Morgan fingerprint density at radius 1 is 1.04 bits per heavy atom. The lowest BCUT2D eigenvalue weighted by Crippen LogP contribution is -2.62. The van der Waals surface area contributed by atoms with E-state index in [-0.39, 0.29) is 23.2 Å². The van der Waals surface area contributed by atoms with Gasteiger partial charge in [0.15, 0.2) is 0 Å². The summed E-state index contributed by atoms with van der Waals surface area (Å²) in [6, 6.07) is 5.57. The van der Waals surface area contributed by atoms with Gasteiger partial charge in [0.05, 0.1) is 22.4 Å². The molecule has 1 aliphatic rings. The number of rotatable bonds is 2. The van der Waals surface area contributed by atoms with Crippen LogP contribution in [0, 0.1) is 13.8 Å². The first-order valence-corrected chi connectivity index (χ1v) is 9.15. The molecule has 0 spiro atoms. The van der Waals surface area contributed by atoms with Gasteiger partial charge in [0.2, 0.25) is 0 Å². The summed E-state index contributed by atoms with van der Waals surface area (Å²) >= 11 is 0. The normalized spacial score (nSPS) is 19.3. The average molecular weight is 355 g/mol. The fourth-order valence-corrected chi connectivity index (χ4v) is 4.09. The van der Waals surface area contributed by atoms with Crippen LogP contribution in [-0.2, 0) is 0 Å². The van der Waals surface area contributed by atoms with Crippen molar-refractivity contribution in [2.75, 3.05) is 5.32 Å². The predicted molar refractivity (Wildman–Crippen MR) is 105 cm³/mol. The maximum atomic E-state index is 12.5. The predicted octanol–water partition coefficient (Wildman–Crippen LogP) is 3.68. The van der Waals surface area contributed by atoms with Crippen LogP contribution >= 0.6 is 0 Å². The number of hydrogen-bond acceptors (Lipinski definition) is 4. The highest BCUT2D eigenvalue weighted by atomic mass is 16.2. The first kappa shape index (κ1) is 18.6. The highest BCUT2D eigenvalue weighted by molar-refractivity contribution is 5.92. The molecule has 3 rings (SSSR count). The lowest BCUT2D eigenvalue weighted by atomic mass is 9.80. The Hall–Kier alpha value is -2.21. The second-order valence-corrected chi connectivity index (χ2v) is 8.69. The second-order valence-electron chi connectivity index (χ2n) is 8.69. The Labute approximate surface area is 155 Å². The van der Waals surface area contributed by atoms with Crippen LogP contribution in [0.5, 0.6) is 0 Å². The molecule has 0 saturated carbocycles. The zero-order valence-electron chi connectivity index (χ0n) is 16.5. The van der Waals surface area contributed by atoms with E-state index in [2.05, 4.69) is 53.6 Å². The Balaban J connectivity index is 1.70. The molecule has 2 aromatic rings. The highest BCUT2D eigenvalue weighted by Crippen LogP contribution is 2.28. The molecule has 1 aromatic carbocycles. The summed E-state index contributed by atoms with van der Waals surface area (Å²) in [5.41, 5.74) is 4.16. The van der Waals surface area contributed by atoms with Crippen LogP contribution in [0.25, 0.3) is 11.0 Å². The Bertz CT molecular complexity index is 827. The summed E-state index contributed by atoms with van der Waals surface area (Å²) in [5, 5.41) is 9.68. The monoisotopic (exact) mass is 355 g/mol. The van der Waals surface area contributed by atoms with E-state index < -0.39 is 0 Å². The van der Waals surface area contributed by atoms with E-state index >= 15 is 0 Å².